The van der Waals surface area contributed by atoms with Crippen LogP contribution in [0.2, 0.25) is 0 Å². The molecule has 0 bridgehead atoms. The third-order valence-electron chi connectivity index (χ3n) is 4.07. The van der Waals surface area contributed by atoms with E-state index in [-0.39, 0.29) is 17.9 Å². The summed E-state index contributed by atoms with van der Waals surface area (Å²) in [5.41, 5.74) is 6.07. The fraction of sp³-hybridized carbons (Fsp3) is 0.846. The van der Waals surface area contributed by atoms with E-state index in [1.165, 1.54) is 12.8 Å². The van der Waals surface area contributed by atoms with Gasteiger partial charge in [-0.15, -0.1) is 0 Å². The van der Waals surface area contributed by atoms with Crippen LogP contribution in [0.15, 0.2) is 0 Å². The van der Waals surface area contributed by atoms with E-state index in [1.807, 2.05) is 0 Å². The molecule has 1 heterocycles. The second-order valence-electron chi connectivity index (χ2n) is 5.39. The maximum atomic E-state index is 12.2. The molecule has 3 N–H and O–H groups in total. The summed E-state index contributed by atoms with van der Waals surface area (Å²) in [7, 11) is 0. The van der Waals surface area contributed by atoms with Gasteiger partial charge in [0.2, 0.25) is 11.8 Å². The smallest absolute Gasteiger partial charge is 0.222 e. The highest BCUT2D eigenvalue weighted by molar-refractivity contribution is 5.80. The van der Waals surface area contributed by atoms with Gasteiger partial charge in [-0.25, -0.2) is 0 Å². The summed E-state index contributed by atoms with van der Waals surface area (Å²) in [5.74, 6) is 0.534. The third-order valence-corrected chi connectivity index (χ3v) is 4.07. The number of rotatable bonds is 2. The summed E-state index contributed by atoms with van der Waals surface area (Å²) >= 11 is 0. The van der Waals surface area contributed by atoms with Crippen molar-refractivity contribution in [3.05, 3.63) is 0 Å². The van der Waals surface area contributed by atoms with Gasteiger partial charge in [0, 0.05) is 38.5 Å². The number of amides is 2. The lowest BCUT2D eigenvalue weighted by Gasteiger charge is -2.30. The average molecular weight is 253 g/mol. The second kappa shape index (κ2) is 6.18. The monoisotopic (exact) mass is 253 g/mol. The van der Waals surface area contributed by atoms with Gasteiger partial charge in [-0.1, -0.05) is 12.8 Å². The molecule has 2 amide bonds. The summed E-state index contributed by atoms with van der Waals surface area (Å²) in [5, 5.41) is 2.78. The molecule has 5 heteroatoms. The van der Waals surface area contributed by atoms with Gasteiger partial charge in [0.25, 0.3) is 0 Å². The molecule has 0 aromatic rings. The zero-order valence-electron chi connectivity index (χ0n) is 10.9. The van der Waals surface area contributed by atoms with Crippen molar-refractivity contribution in [1.82, 2.24) is 10.2 Å². The number of nitrogens with one attached hydrogen (secondary N) is 1. The van der Waals surface area contributed by atoms with Crippen LogP contribution in [0.25, 0.3) is 0 Å². The summed E-state index contributed by atoms with van der Waals surface area (Å²) in [6.07, 6.45) is 5.45. The molecule has 0 aromatic heterocycles. The first-order chi connectivity index (χ1) is 8.66. The molecule has 0 radical (unpaired) electrons. The summed E-state index contributed by atoms with van der Waals surface area (Å²) in [6.45, 7) is 1.75. The minimum absolute atomic E-state index is 0.0414. The molecular weight excluding hydrogens is 230 g/mol. The van der Waals surface area contributed by atoms with Crippen molar-refractivity contribution in [2.45, 2.75) is 44.6 Å². The normalized spacial score (nSPS) is 29.6. The first-order valence-electron chi connectivity index (χ1n) is 6.97. The molecule has 1 aliphatic carbocycles. The lowest BCUT2D eigenvalue weighted by Crippen LogP contribution is -2.40. The fourth-order valence-electron chi connectivity index (χ4n) is 2.86. The Balaban J connectivity index is 1.84. The molecule has 2 aliphatic rings. The minimum atomic E-state index is 0.0414. The molecule has 5 nitrogen and oxygen atoms in total. The minimum Gasteiger partial charge on any atom is -0.354 e. The number of carbonyl (C=O) groups is 2. The van der Waals surface area contributed by atoms with Crippen LogP contribution in [-0.4, -0.2) is 42.4 Å². The van der Waals surface area contributed by atoms with Crippen molar-refractivity contribution in [2.24, 2.45) is 11.7 Å². The number of nitrogens with two attached hydrogens (primary N) is 1. The Kier molecular flexibility index (Phi) is 4.58. The molecular formula is C13H23N3O2. The molecule has 1 saturated heterocycles. The van der Waals surface area contributed by atoms with Gasteiger partial charge >= 0.3 is 0 Å². The van der Waals surface area contributed by atoms with Crippen LogP contribution in [0.1, 0.15) is 38.5 Å². The van der Waals surface area contributed by atoms with Crippen LogP contribution in [-0.2, 0) is 9.59 Å². The van der Waals surface area contributed by atoms with Gasteiger partial charge in [-0.2, -0.15) is 0 Å². The van der Waals surface area contributed by atoms with Crippen molar-refractivity contribution in [3.63, 3.8) is 0 Å². The maximum absolute atomic E-state index is 12.2. The Morgan fingerprint density at radius 1 is 1.33 bits per heavy atom. The van der Waals surface area contributed by atoms with E-state index in [9.17, 15) is 9.59 Å². The van der Waals surface area contributed by atoms with Crippen LogP contribution >= 0.6 is 0 Å². The van der Waals surface area contributed by atoms with Crippen LogP contribution in [0, 0.1) is 5.92 Å². The van der Waals surface area contributed by atoms with Crippen molar-refractivity contribution in [1.29, 1.82) is 0 Å². The number of carbonyl (C=O) groups excluding carboxylic acids is 2. The lowest BCUT2D eigenvalue weighted by atomic mass is 9.82. The first kappa shape index (κ1) is 13.3. The molecule has 1 aliphatic heterocycles. The fourth-order valence-corrected chi connectivity index (χ4v) is 2.86. The van der Waals surface area contributed by atoms with E-state index in [0.29, 0.717) is 38.4 Å². The van der Waals surface area contributed by atoms with Gasteiger partial charge in [0.1, 0.15) is 0 Å². The lowest BCUT2D eigenvalue weighted by molar-refractivity contribution is -0.132. The van der Waals surface area contributed by atoms with Crippen molar-refractivity contribution in [3.8, 4) is 0 Å². The predicted octanol–water partition coefficient (Wildman–Crippen LogP) is 0.242. The maximum Gasteiger partial charge on any atom is 0.222 e. The van der Waals surface area contributed by atoms with E-state index in [0.717, 1.165) is 12.8 Å². The number of hydrogen-bond donors (Lipinski definition) is 2. The van der Waals surface area contributed by atoms with Gasteiger partial charge < -0.3 is 16.0 Å². The zero-order valence-corrected chi connectivity index (χ0v) is 10.9. The average Bonchev–Trinajstić information content (AvgIpc) is 2.57. The Labute approximate surface area is 108 Å². The van der Waals surface area contributed by atoms with E-state index in [4.69, 9.17) is 5.73 Å². The summed E-state index contributed by atoms with van der Waals surface area (Å²) in [6, 6.07) is 0.175. The zero-order chi connectivity index (χ0) is 13.0. The molecule has 2 atom stereocenters. The van der Waals surface area contributed by atoms with Crippen molar-refractivity contribution >= 4 is 11.8 Å². The molecule has 2 rings (SSSR count). The molecule has 102 valence electrons. The molecule has 2 unspecified atom stereocenters. The van der Waals surface area contributed by atoms with E-state index < -0.39 is 0 Å². The van der Waals surface area contributed by atoms with Gasteiger partial charge in [-0.05, 0) is 18.8 Å². The molecule has 18 heavy (non-hydrogen) atoms. The largest absolute Gasteiger partial charge is 0.354 e. The van der Waals surface area contributed by atoms with Crippen LogP contribution in [0.3, 0.4) is 0 Å². The Hall–Kier alpha value is -1.10. The number of hydrogen-bond acceptors (Lipinski definition) is 3. The van der Waals surface area contributed by atoms with Crippen LogP contribution < -0.4 is 11.1 Å². The highest BCUT2D eigenvalue weighted by Crippen LogP contribution is 2.26. The second-order valence-corrected chi connectivity index (χ2v) is 5.39. The quantitative estimate of drug-likeness (QED) is 0.740. The summed E-state index contributed by atoms with van der Waals surface area (Å²) < 4.78 is 0. The van der Waals surface area contributed by atoms with Crippen molar-refractivity contribution in [2.75, 3.05) is 19.6 Å². The Bertz CT molecular complexity index is 319. The standard InChI is InChI=1S/C13H23N3O2/c14-11-4-2-1-3-10(11)9-13(18)16-7-5-12(17)15-6-8-16/h10-11H,1-9,14H2,(H,15,17). The molecule has 2 fully saturated rings. The third kappa shape index (κ3) is 3.45. The van der Waals surface area contributed by atoms with E-state index in [2.05, 4.69) is 5.32 Å². The van der Waals surface area contributed by atoms with E-state index >= 15 is 0 Å². The SMILES string of the molecule is NC1CCCCC1CC(=O)N1CCNC(=O)CC1. The molecule has 0 spiro atoms. The highest BCUT2D eigenvalue weighted by atomic mass is 16.2. The first-order valence-corrected chi connectivity index (χ1v) is 6.97. The van der Waals surface area contributed by atoms with Gasteiger partial charge in [0.05, 0.1) is 0 Å². The number of nitrogens with zero attached hydrogens (tertiary/aromatic N) is 1. The Morgan fingerprint density at radius 3 is 2.89 bits per heavy atom. The van der Waals surface area contributed by atoms with Crippen molar-refractivity contribution < 1.29 is 9.59 Å². The van der Waals surface area contributed by atoms with Crippen LogP contribution in [0.4, 0.5) is 0 Å². The highest BCUT2D eigenvalue weighted by Gasteiger charge is 2.27. The van der Waals surface area contributed by atoms with Gasteiger partial charge in [-0.3, -0.25) is 9.59 Å². The molecule has 0 aromatic carbocycles. The molecule has 1 saturated carbocycles. The predicted molar refractivity (Wildman–Crippen MR) is 68.8 cm³/mol. The van der Waals surface area contributed by atoms with E-state index in [1.54, 1.807) is 4.90 Å². The Morgan fingerprint density at radius 2 is 2.11 bits per heavy atom. The van der Waals surface area contributed by atoms with Gasteiger partial charge in [0.15, 0.2) is 0 Å². The summed E-state index contributed by atoms with van der Waals surface area (Å²) in [4.78, 5) is 25.2. The van der Waals surface area contributed by atoms with Crippen LogP contribution in [0.5, 0.6) is 0 Å². The topological polar surface area (TPSA) is 75.4 Å².